The number of halogens is 3. The smallest absolute Gasteiger partial charge is 0.416 e. The topological polar surface area (TPSA) is 40.5 Å². The van der Waals surface area contributed by atoms with Gasteiger partial charge in [0.05, 0.1) is 12.0 Å². The molecule has 0 saturated carbocycles. The van der Waals surface area contributed by atoms with E-state index in [1.165, 1.54) is 12.1 Å². The second-order valence-electron chi connectivity index (χ2n) is 4.53. The second-order valence-corrected chi connectivity index (χ2v) is 4.53. The van der Waals surface area contributed by atoms with Gasteiger partial charge in [-0.2, -0.15) is 13.2 Å². The highest BCUT2D eigenvalue weighted by atomic mass is 19.4. The van der Waals surface area contributed by atoms with Crippen molar-refractivity contribution in [2.45, 2.75) is 32.5 Å². The zero-order chi connectivity index (χ0) is 15.3. The molecule has 0 fully saturated rings. The first-order valence-corrected chi connectivity index (χ1v) is 6.39. The maximum Gasteiger partial charge on any atom is 0.416 e. The fourth-order valence-corrected chi connectivity index (χ4v) is 2.18. The molecule has 20 heavy (non-hydrogen) atoms. The van der Waals surface area contributed by atoms with E-state index in [-0.39, 0.29) is 18.5 Å². The Bertz CT molecular complexity index is 460. The van der Waals surface area contributed by atoms with Crippen molar-refractivity contribution in [1.82, 2.24) is 4.90 Å². The minimum atomic E-state index is -4.41. The molecule has 1 atom stereocenters. The van der Waals surface area contributed by atoms with Crippen molar-refractivity contribution >= 4 is 5.97 Å². The molecule has 1 unspecified atom stereocenters. The molecule has 0 aromatic heterocycles. The van der Waals surface area contributed by atoms with Gasteiger partial charge in [0, 0.05) is 12.6 Å². The number of carboxylic acid groups (broad SMARTS) is 1. The average Bonchev–Trinajstić information content (AvgIpc) is 2.38. The number of nitrogens with zero attached hydrogens (tertiary/aromatic N) is 1. The largest absolute Gasteiger partial charge is 0.481 e. The molecule has 1 aromatic carbocycles. The van der Waals surface area contributed by atoms with E-state index in [9.17, 15) is 18.0 Å². The molecule has 1 aromatic rings. The van der Waals surface area contributed by atoms with Crippen molar-refractivity contribution in [1.29, 1.82) is 0 Å². The van der Waals surface area contributed by atoms with Crippen LogP contribution in [0.25, 0.3) is 0 Å². The van der Waals surface area contributed by atoms with E-state index < -0.39 is 23.8 Å². The van der Waals surface area contributed by atoms with Gasteiger partial charge in [-0.3, -0.25) is 9.69 Å². The molecule has 0 aliphatic rings. The van der Waals surface area contributed by atoms with Crippen LogP contribution in [0.3, 0.4) is 0 Å². The number of hydrogen-bond donors (Lipinski definition) is 1. The van der Waals surface area contributed by atoms with E-state index in [4.69, 9.17) is 5.11 Å². The van der Waals surface area contributed by atoms with E-state index in [2.05, 4.69) is 0 Å². The molecule has 0 aliphatic carbocycles. The zero-order valence-corrected chi connectivity index (χ0v) is 11.4. The fourth-order valence-electron chi connectivity index (χ4n) is 2.18. The van der Waals surface area contributed by atoms with Gasteiger partial charge >= 0.3 is 12.1 Å². The van der Waals surface area contributed by atoms with E-state index >= 15 is 0 Å². The summed E-state index contributed by atoms with van der Waals surface area (Å²) in [6, 6.07) is 4.92. The molecule has 0 bridgehead atoms. The average molecular weight is 289 g/mol. The molecule has 0 saturated heterocycles. The number of carboxylic acids is 1. The van der Waals surface area contributed by atoms with Crippen LogP contribution in [0.4, 0.5) is 13.2 Å². The minimum absolute atomic E-state index is 0.0909. The van der Waals surface area contributed by atoms with Crippen molar-refractivity contribution in [3.05, 3.63) is 35.4 Å². The van der Waals surface area contributed by atoms with E-state index in [0.29, 0.717) is 6.54 Å². The molecule has 0 heterocycles. The fraction of sp³-hybridized carbons (Fsp3) is 0.500. The quantitative estimate of drug-likeness (QED) is 0.870. The van der Waals surface area contributed by atoms with Crippen LogP contribution in [0.15, 0.2) is 24.3 Å². The monoisotopic (exact) mass is 289 g/mol. The Labute approximate surface area is 116 Å². The lowest BCUT2D eigenvalue weighted by Crippen LogP contribution is -2.30. The van der Waals surface area contributed by atoms with E-state index in [1.807, 2.05) is 0 Å². The highest BCUT2D eigenvalue weighted by molar-refractivity contribution is 5.66. The number of alkyl halides is 3. The zero-order valence-electron chi connectivity index (χ0n) is 11.4. The van der Waals surface area contributed by atoms with E-state index in [0.717, 1.165) is 6.07 Å². The maximum atomic E-state index is 13.0. The number of benzene rings is 1. The summed E-state index contributed by atoms with van der Waals surface area (Å²) in [7, 11) is 0. The van der Waals surface area contributed by atoms with Crippen LogP contribution in [-0.2, 0) is 11.0 Å². The Morgan fingerprint density at radius 2 is 1.95 bits per heavy atom. The third-order valence-electron chi connectivity index (χ3n) is 3.28. The highest BCUT2D eigenvalue weighted by Crippen LogP contribution is 2.36. The van der Waals surface area contributed by atoms with Crippen LogP contribution in [0, 0.1) is 0 Å². The summed E-state index contributed by atoms with van der Waals surface area (Å²) >= 11 is 0. The van der Waals surface area contributed by atoms with Gasteiger partial charge in [-0.15, -0.1) is 0 Å². The molecule has 1 N–H and O–H groups in total. The lowest BCUT2D eigenvalue weighted by atomic mass is 9.99. The van der Waals surface area contributed by atoms with Crippen molar-refractivity contribution in [2.75, 3.05) is 13.1 Å². The lowest BCUT2D eigenvalue weighted by molar-refractivity contribution is -0.140. The van der Waals surface area contributed by atoms with Crippen LogP contribution in [0.5, 0.6) is 0 Å². The summed E-state index contributed by atoms with van der Waals surface area (Å²) in [6.07, 6.45) is -4.50. The lowest BCUT2D eigenvalue weighted by Gasteiger charge is -2.29. The van der Waals surface area contributed by atoms with Gasteiger partial charge in [-0.05, 0) is 25.1 Å². The molecule has 6 heteroatoms. The molecular weight excluding hydrogens is 271 g/mol. The third-order valence-corrected chi connectivity index (χ3v) is 3.28. The van der Waals surface area contributed by atoms with Crippen molar-refractivity contribution in [2.24, 2.45) is 0 Å². The molecule has 3 nitrogen and oxygen atoms in total. The van der Waals surface area contributed by atoms with Crippen LogP contribution >= 0.6 is 0 Å². The van der Waals surface area contributed by atoms with Gasteiger partial charge < -0.3 is 5.11 Å². The minimum Gasteiger partial charge on any atom is -0.481 e. The van der Waals surface area contributed by atoms with Gasteiger partial charge in [-0.25, -0.2) is 0 Å². The van der Waals surface area contributed by atoms with Crippen LogP contribution < -0.4 is 0 Å². The predicted octanol–water partition coefficient (Wildman–Crippen LogP) is 3.56. The second kappa shape index (κ2) is 6.74. The normalized spacial score (nSPS) is 13.5. The maximum absolute atomic E-state index is 13.0. The van der Waals surface area contributed by atoms with Gasteiger partial charge in [0.25, 0.3) is 0 Å². The summed E-state index contributed by atoms with van der Waals surface area (Å²) in [5, 5.41) is 8.69. The molecule has 0 amide bonds. The summed E-state index contributed by atoms with van der Waals surface area (Å²) < 4.78 is 38.9. The SMILES string of the molecule is CCN(CCC(=O)O)C(C)c1ccccc1C(F)(F)F. The highest BCUT2D eigenvalue weighted by Gasteiger charge is 2.34. The number of hydrogen-bond acceptors (Lipinski definition) is 2. The van der Waals surface area contributed by atoms with Crippen LogP contribution in [0.2, 0.25) is 0 Å². The Kier molecular flexibility index (Phi) is 5.56. The van der Waals surface area contributed by atoms with Gasteiger partial charge in [0.15, 0.2) is 0 Å². The number of aliphatic carboxylic acids is 1. The first kappa shape index (κ1) is 16.5. The first-order chi connectivity index (χ1) is 9.27. The molecule has 0 aliphatic heterocycles. The van der Waals surface area contributed by atoms with Gasteiger partial charge in [0.1, 0.15) is 0 Å². The Balaban J connectivity index is 3.00. The Morgan fingerprint density at radius 3 is 2.45 bits per heavy atom. The summed E-state index contributed by atoms with van der Waals surface area (Å²) in [6.45, 7) is 4.17. The third kappa shape index (κ3) is 4.23. The molecule has 0 radical (unpaired) electrons. The van der Waals surface area contributed by atoms with Gasteiger partial charge in [-0.1, -0.05) is 25.1 Å². The molecule has 1 rings (SSSR count). The van der Waals surface area contributed by atoms with Crippen molar-refractivity contribution in [3.8, 4) is 0 Å². The Morgan fingerprint density at radius 1 is 1.35 bits per heavy atom. The predicted molar refractivity (Wildman–Crippen MR) is 69.4 cm³/mol. The summed E-state index contributed by atoms with van der Waals surface area (Å²) in [4.78, 5) is 12.3. The van der Waals surface area contributed by atoms with Crippen molar-refractivity contribution in [3.63, 3.8) is 0 Å². The van der Waals surface area contributed by atoms with Gasteiger partial charge in [0.2, 0.25) is 0 Å². The first-order valence-electron chi connectivity index (χ1n) is 6.39. The molecule has 112 valence electrons. The number of rotatable bonds is 6. The molecular formula is C14H18F3NO2. The summed E-state index contributed by atoms with van der Waals surface area (Å²) in [5.74, 6) is -0.959. The Hall–Kier alpha value is -1.56. The van der Waals surface area contributed by atoms with Crippen LogP contribution in [-0.4, -0.2) is 29.1 Å². The summed E-state index contributed by atoms with van der Waals surface area (Å²) in [5.41, 5.74) is -0.492. The molecule has 0 spiro atoms. The number of carbonyl (C=O) groups is 1. The van der Waals surface area contributed by atoms with Crippen LogP contribution in [0.1, 0.15) is 37.4 Å². The van der Waals surface area contributed by atoms with Crippen molar-refractivity contribution < 1.29 is 23.1 Å². The standard InChI is InChI=1S/C14H18F3NO2/c1-3-18(9-8-13(19)20)10(2)11-6-4-5-7-12(11)14(15,16)17/h4-7,10H,3,8-9H2,1-2H3,(H,19,20). The van der Waals surface area contributed by atoms with E-state index in [1.54, 1.807) is 24.8 Å².